The highest BCUT2D eigenvalue weighted by Crippen LogP contribution is 2.39. The van der Waals surface area contributed by atoms with Crippen molar-refractivity contribution in [2.75, 3.05) is 23.4 Å². The summed E-state index contributed by atoms with van der Waals surface area (Å²) < 4.78 is 37.6. The fourth-order valence-electron chi connectivity index (χ4n) is 3.31. The lowest BCUT2D eigenvalue weighted by Crippen LogP contribution is -2.18. The molecule has 3 N–H and O–H groups in total. The Morgan fingerprint density at radius 1 is 1.03 bits per heavy atom. The molecule has 0 atom stereocenters. The van der Waals surface area contributed by atoms with Crippen LogP contribution in [-0.2, 0) is 15.4 Å². The number of benzene rings is 2. The molecule has 0 saturated carbocycles. The summed E-state index contributed by atoms with van der Waals surface area (Å²) >= 11 is 0. The van der Waals surface area contributed by atoms with Crippen LogP contribution in [0, 0.1) is 6.92 Å². The van der Waals surface area contributed by atoms with Crippen LogP contribution in [0.5, 0.6) is 17.2 Å². The first-order valence-corrected chi connectivity index (χ1v) is 12.6. The van der Waals surface area contributed by atoms with Crippen LogP contribution in [0.25, 0.3) is 0 Å². The molecule has 1 aromatic heterocycles. The van der Waals surface area contributed by atoms with E-state index >= 15 is 0 Å². The third-order valence-electron chi connectivity index (χ3n) is 5.13. The van der Waals surface area contributed by atoms with Gasteiger partial charge in [0.05, 0.1) is 24.7 Å². The number of amides is 1. The predicted octanol–water partition coefficient (Wildman–Crippen LogP) is 4.41. The first-order valence-electron chi connectivity index (χ1n) is 10.8. The largest absolute Gasteiger partial charge is 0.492 e. The molecule has 9 nitrogen and oxygen atoms in total. The average Bonchev–Trinajstić information content (AvgIpc) is 2.73. The average molecular weight is 500 g/mol. The summed E-state index contributed by atoms with van der Waals surface area (Å²) in [6, 6.07) is 11.3. The number of pyridine rings is 1. The number of aromatic amines is 1. The standard InChI is InChI=1S/C25H29N3O6S/c1-15-7-8-16(11-21(15)34-18-9-10-26-22(29)14-18)24(30)27-19-12-17(25(2,3)4)13-20(23(19)33-5)28-35(6,31)32/h7-14,28H,1-6H3,(H,26,29)(H,27,30). The van der Waals surface area contributed by atoms with Crippen molar-refractivity contribution < 1.29 is 22.7 Å². The SMILES string of the molecule is COc1c(NC(=O)c2ccc(C)c(Oc3cc[nH]c(=O)c3)c2)cc(C(C)(C)C)cc1NS(C)(=O)=O. The number of hydrogen-bond acceptors (Lipinski definition) is 6. The Hall–Kier alpha value is -3.79. The molecule has 0 fully saturated rings. The minimum atomic E-state index is -3.60. The minimum absolute atomic E-state index is 0.184. The van der Waals surface area contributed by atoms with Gasteiger partial charge in [-0.05, 0) is 53.8 Å². The molecule has 1 amide bonds. The summed E-state index contributed by atoms with van der Waals surface area (Å²) in [6.07, 6.45) is 2.52. The quantitative estimate of drug-likeness (QED) is 0.442. The maximum absolute atomic E-state index is 13.2. The summed E-state index contributed by atoms with van der Waals surface area (Å²) in [5.41, 5.74) is 1.76. The number of anilines is 2. The lowest BCUT2D eigenvalue weighted by Gasteiger charge is -2.24. The smallest absolute Gasteiger partial charge is 0.255 e. The monoisotopic (exact) mass is 499 g/mol. The third-order valence-corrected chi connectivity index (χ3v) is 5.72. The molecule has 3 rings (SSSR count). The topological polar surface area (TPSA) is 127 Å². The molecule has 186 valence electrons. The van der Waals surface area contributed by atoms with E-state index in [-0.39, 0.29) is 22.4 Å². The molecule has 0 aliphatic carbocycles. The van der Waals surface area contributed by atoms with E-state index < -0.39 is 15.9 Å². The second-order valence-electron chi connectivity index (χ2n) is 9.15. The molecule has 10 heteroatoms. The second kappa shape index (κ2) is 9.83. The van der Waals surface area contributed by atoms with Gasteiger partial charge in [-0.1, -0.05) is 26.8 Å². The number of carbonyl (C=O) groups is 1. The lowest BCUT2D eigenvalue weighted by molar-refractivity contribution is 0.102. The van der Waals surface area contributed by atoms with Crippen molar-refractivity contribution in [3.05, 3.63) is 75.7 Å². The summed E-state index contributed by atoms with van der Waals surface area (Å²) in [5.74, 6) is 0.489. The molecular formula is C25H29N3O6S. The Labute approximate surface area is 204 Å². The number of H-pyrrole nitrogens is 1. The predicted molar refractivity (Wildman–Crippen MR) is 136 cm³/mol. The highest BCUT2D eigenvalue weighted by Gasteiger charge is 2.22. The van der Waals surface area contributed by atoms with Gasteiger partial charge in [0.25, 0.3) is 11.5 Å². The van der Waals surface area contributed by atoms with Gasteiger partial charge in [0.2, 0.25) is 10.0 Å². The van der Waals surface area contributed by atoms with Crippen LogP contribution in [0.2, 0.25) is 0 Å². The number of methoxy groups -OCH3 is 1. The minimum Gasteiger partial charge on any atom is -0.492 e. The summed E-state index contributed by atoms with van der Waals surface area (Å²) in [7, 11) is -2.20. The van der Waals surface area contributed by atoms with Crippen molar-refractivity contribution in [1.29, 1.82) is 0 Å². The number of nitrogens with one attached hydrogen (secondary N) is 3. The summed E-state index contributed by atoms with van der Waals surface area (Å²) in [5, 5.41) is 2.83. The van der Waals surface area contributed by atoms with Gasteiger partial charge in [-0.15, -0.1) is 0 Å². The molecule has 0 aliphatic heterocycles. The van der Waals surface area contributed by atoms with Crippen LogP contribution in [-0.4, -0.2) is 32.7 Å². The van der Waals surface area contributed by atoms with Crippen molar-refractivity contribution in [2.24, 2.45) is 0 Å². The molecule has 3 aromatic rings. The molecule has 0 aliphatic rings. The second-order valence-corrected chi connectivity index (χ2v) is 10.9. The van der Waals surface area contributed by atoms with Crippen molar-refractivity contribution in [3.8, 4) is 17.2 Å². The highest BCUT2D eigenvalue weighted by molar-refractivity contribution is 7.92. The number of aryl methyl sites for hydroxylation is 1. The zero-order valence-corrected chi connectivity index (χ0v) is 21.3. The Morgan fingerprint density at radius 3 is 2.31 bits per heavy atom. The van der Waals surface area contributed by atoms with Gasteiger partial charge < -0.3 is 19.8 Å². The van der Waals surface area contributed by atoms with Gasteiger partial charge in [0.15, 0.2) is 5.75 Å². The number of aromatic nitrogens is 1. The van der Waals surface area contributed by atoms with E-state index in [4.69, 9.17) is 9.47 Å². The first kappa shape index (κ1) is 25.8. The Morgan fingerprint density at radius 2 is 1.71 bits per heavy atom. The van der Waals surface area contributed by atoms with Gasteiger partial charge >= 0.3 is 0 Å². The van der Waals surface area contributed by atoms with Crippen LogP contribution in [0.1, 0.15) is 42.3 Å². The van der Waals surface area contributed by atoms with Crippen LogP contribution < -0.4 is 25.1 Å². The van der Waals surface area contributed by atoms with E-state index in [0.29, 0.717) is 22.7 Å². The zero-order chi connectivity index (χ0) is 26.0. The summed E-state index contributed by atoms with van der Waals surface area (Å²) in [6.45, 7) is 7.75. The van der Waals surface area contributed by atoms with Crippen molar-refractivity contribution in [3.63, 3.8) is 0 Å². The van der Waals surface area contributed by atoms with E-state index in [9.17, 15) is 18.0 Å². The van der Waals surface area contributed by atoms with Crippen LogP contribution in [0.3, 0.4) is 0 Å². The molecule has 0 saturated heterocycles. The van der Waals surface area contributed by atoms with E-state index in [1.165, 1.54) is 19.4 Å². The van der Waals surface area contributed by atoms with Crippen LogP contribution in [0.4, 0.5) is 11.4 Å². The number of rotatable bonds is 7. The first-order chi connectivity index (χ1) is 16.3. The normalized spacial score (nSPS) is 11.6. The van der Waals surface area contributed by atoms with Crippen molar-refractivity contribution in [2.45, 2.75) is 33.1 Å². The van der Waals surface area contributed by atoms with Gasteiger partial charge in [0.1, 0.15) is 11.5 Å². The number of hydrogen-bond donors (Lipinski definition) is 3. The lowest BCUT2D eigenvalue weighted by atomic mass is 9.86. The van der Waals surface area contributed by atoms with Crippen LogP contribution >= 0.6 is 0 Å². The van der Waals surface area contributed by atoms with E-state index in [2.05, 4.69) is 15.0 Å². The summed E-state index contributed by atoms with van der Waals surface area (Å²) in [4.78, 5) is 27.3. The third kappa shape index (κ3) is 6.63. The molecule has 0 bridgehead atoms. The zero-order valence-electron chi connectivity index (χ0n) is 20.5. The Kier molecular flexibility index (Phi) is 7.25. The highest BCUT2D eigenvalue weighted by atomic mass is 32.2. The Balaban J connectivity index is 2.00. The van der Waals surface area contributed by atoms with E-state index in [1.54, 1.807) is 36.4 Å². The molecule has 1 heterocycles. The van der Waals surface area contributed by atoms with Gasteiger partial charge in [-0.25, -0.2) is 8.42 Å². The fraction of sp³-hybridized carbons (Fsp3) is 0.280. The van der Waals surface area contributed by atoms with Gasteiger partial charge in [-0.3, -0.25) is 14.3 Å². The number of ether oxygens (including phenoxy) is 2. The molecule has 35 heavy (non-hydrogen) atoms. The number of carbonyl (C=O) groups excluding carboxylic acids is 1. The maximum atomic E-state index is 13.2. The fourth-order valence-corrected chi connectivity index (χ4v) is 3.86. The van der Waals surface area contributed by atoms with E-state index in [0.717, 1.165) is 17.4 Å². The molecule has 0 radical (unpaired) electrons. The Bertz CT molecular complexity index is 1420. The van der Waals surface area contributed by atoms with E-state index in [1.807, 2.05) is 27.7 Å². The van der Waals surface area contributed by atoms with Gasteiger partial charge in [-0.2, -0.15) is 0 Å². The molecular weight excluding hydrogens is 470 g/mol. The number of sulfonamides is 1. The molecule has 2 aromatic carbocycles. The van der Waals surface area contributed by atoms with Gasteiger partial charge in [0, 0.05) is 17.8 Å². The van der Waals surface area contributed by atoms with Crippen molar-refractivity contribution in [1.82, 2.24) is 4.98 Å². The maximum Gasteiger partial charge on any atom is 0.255 e. The molecule has 0 spiro atoms. The van der Waals surface area contributed by atoms with Crippen molar-refractivity contribution >= 4 is 27.3 Å². The molecule has 0 unspecified atom stereocenters. The van der Waals surface area contributed by atoms with Crippen LogP contribution in [0.15, 0.2) is 53.5 Å².